The van der Waals surface area contributed by atoms with E-state index in [9.17, 15) is 63.3 Å². The van der Waals surface area contributed by atoms with Crippen molar-refractivity contribution < 1.29 is 63.3 Å². The maximum atomic E-state index is 14.6. The van der Waals surface area contributed by atoms with E-state index in [1.807, 2.05) is 6.07 Å². The molecule has 1 aromatic carbocycles. The molecule has 28 nitrogen and oxygen atoms in total. The number of nitrogens with one attached hydrogen (secondary N) is 6. The topological polar surface area (TPSA) is 456 Å². The fourth-order valence-electron chi connectivity index (χ4n) is 12.5. The second kappa shape index (κ2) is 33.0. The van der Waals surface area contributed by atoms with Crippen LogP contribution in [0.5, 0.6) is 0 Å². The molecule has 0 aromatic heterocycles. The van der Waals surface area contributed by atoms with Gasteiger partial charge in [-0.3, -0.25) is 48.1 Å². The van der Waals surface area contributed by atoms with E-state index in [0.29, 0.717) is 77.3 Å². The lowest BCUT2D eigenvalue weighted by Gasteiger charge is -2.38. The van der Waals surface area contributed by atoms with E-state index in [2.05, 4.69) is 36.9 Å². The van der Waals surface area contributed by atoms with E-state index in [1.54, 1.807) is 18.2 Å². The highest BCUT2D eigenvalue weighted by Crippen LogP contribution is 2.31. The zero-order valence-electron chi connectivity index (χ0n) is 48.6. The number of hydrogen-bond donors (Lipinski definition) is 14. The Morgan fingerprint density at radius 1 is 0.624 bits per heavy atom. The Hall–Kier alpha value is -7.01. The van der Waals surface area contributed by atoms with Crippen LogP contribution in [0.3, 0.4) is 0 Å². The molecule has 0 spiro atoms. The Bertz CT molecular complexity index is 2520. The quantitative estimate of drug-likeness (QED) is 0.0195. The van der Waals surface area contributed by atoms with Crippen LogP contribution in [-0.2, 0) is 60.9 Å². The number of aliphatic imine (C=N–C) groups is 1. The van der Waals surface area contributed by atoms with Crippen molar-refractivity contribution in [1.82, 2.24) is 46.6 Å². The predicted molar refractivity (Wildman–Crippen MR) is 310 cm³/mol. The van der Waals surface area contributed by atoms with Crippen molar-refractivity contribution >= 4 is 65.1 Å². The molecular weight excluding hydrogens is 1100 g/mol. The SMILES string of the molecule is NCCCC[C@H](NC(=O)[C@@H](N)CCCCN)C(=O)N[C@@H](CCCN=C(N)N)C(=O)N1CCC[C@H]1C(=O)N1C[C@H](O)C[C@H]1C(=O)NCC(=O)N[C@H](C(=O)N[C@@H](CO)C(=O)N1Cc2ccccc2C[C@@H]1C(=O)N[C@H](C(=O)O)C1CCCC1)C1CCCC1. The van der Waals surface area contributed by atoms with E-state index in [-0.39, 0.29) is 76.6 Å². The van der Waals surface area contributed by atoms with Gasteiger partial charge in [-0.2, -0.15) is 0 Å². The number of guanidine groups is 1. The summed E-state index contributed by atoms with van der Waals surface area (Å²) in [6, 6.07) is -3.59. The molecule has 85 heavy (non-hydrogen) atoms. The highest BCUT2D eigenvalue weighted by Gasteiger charge is 2.47. The maximum Gasteiger partial charge on any atom is 0.326 e. The van der Waals surface area contributed by atoms with Gasteiger partial charge in [0, 0.05) is 39.0 Å². The number of fused-ring (bicyclic) bond motifs is 1. The van der Waals surface area contributed by atoms with Crippen LogP contribution in [-0.4, -0.2) is 201 Å². The van der Waals surface area contributed by atoms with Crippen LogP contribution in [0.1, 0.15) is 133 Å². The van der Waals surface area contributed by atoms with Gasteiger partial charge >= 0.3 is 5.97 Å². The summed E-state index contributed by atoms with van der Waals surface area (Å²) in [6.45, 7) is -0.904. The molecule has 1 aromatic rings. The summed E-state index contributed by atoms with van der Waals surface area (Å²) in [7, 11) is 0. The van der Waals surface area contributed by atoms with Gasteiger partial charge in [-0.15, -0.1) is 0 Å². The molecule has 0 radical (unpaired) electrons. The zero-order valence-corrected chi connectivity index (χ0v) is 48.6. The summed E-state index contributed by atoms with van der Waals surface area (Å²) in [5.41, 5.74) is 30.1. The number of unbranched alkanes of at least 4 members (excludes halogenated alkanes) is 2. The number of carboxylic acids is 1. The Morgan fingerprint density at radius 2 is 1.22 bits per heavy atom. The molecule has 28 heteroatoms. The number of amides is 9. The number of rotatable bonds is 31. The van der Waals surface area contributed by atoms with Crippen molar-refractivity contribution in [2.75, 3.05) is 45.9 Å². The molecule has 0 bridgehead atoms. The number of benzene rings is 1. The minimum atomic E-state index is -1.58. The molecule has 2 saturated carbocycles. The summed E-state index contributed by atoms with van der Waals surface area (Å²) >= 11 is 0. The van der Waals surface area contributed by atoms with Gasteiger partial charge in [0.2, 0.25) is 53.2 Å². The zero-order chi connectivity index (χ0) is 61.7. The Kier molecular flexibility index (Phi) is 26.1. The average Bonchev–Trinajstić information content (AvgIpc) is 3.85. The third kappa shape index (κ3) is 18.7. The van der Waals surface area contributed by atoms with Gasteiger partial charge in [0.1, 0.15) is 48.3 Å². The minimum Gasteiger partial charge on any atom is -0.480 e. The van der Waals surface area contributed by atoms with Crippen molar-refractivity contribution in [3.8, 4) is 0 Å². The number of aliphatic hydroxyl groups excluding tert-OH is 2. The Balaban J connectivity index is 1.10. The van der Waals surface area contributed by atoms with E-state index in [0.717, 1.165) is 41.7 Å². The first-order valence-corrected chi connectivity index (χ1v) is 30.3. The first kappa shape index (κ1) is 67.1. The Labute approximate surface area is 495 Å². The van der Waals surface area contributed by atoms with Crippen molar-refractivity contribution in [3.05, 3.63) is 35.4 Å². The largest absolute Gasteiger partial charge is 0.480 e. The van der Waals surface area contributed by atoms with Crippen molar-refractivity contribution in [1.29, 1.82) is 0 Å². The predicted octanol–water partition coefficient (Wildman–Crippen LogP) is -3.47. The Morgan fingerprint density at radius 3 is 1.86 bits per heavy atom. The number of aliphatic hydroxyl groups is 2. The molecule has 0 unspecified atom stereocenters. The molecule has 4 fully saturated rings. The van der Waals surface area contributed by atoms with E-state index >= 15 is 0 Å². The molecule has 19 N–H and O–H groups in total. The van der Waals surface area contributed by atoms with Crippen molar-refractivity contribution in [2.45, 2.75) is 195 Å². The third-order valence-corrected chi connectivity index (χ3v) is 17.1. The molecule has 3 aliphatic heterocycles. The maximum absolute atomic E-state index is 14.6. The monoisotopic (exact) mass is 1190 g/mol. The number of nitrogens with zero attached hydrogens (tertiary/aromatic N) is 4. The standard InChI is InChI=1S/C57H91N15O13/c58-23-9-7-19-38(60)48(76)65-39(20-8-10-24-59)49(77)66-40(21-11-25-63-57(61)62)53(81)70-26-12-22-42(70)55(83)72-31-37(74)28-44(72)50(78)64-29-45(75)68-46(33-13-1-2-14-33)52(80)67-41(32-73)54(82)71-30-36-18-6-5-17-35(36)27-43(71)51(79)69-47(56(84)85)34-15-3-4-16-34/h5-6,17-18,33-34,37-44,46-47,73-74H,1-4,7-16,19-32,58-60H2,(H,64,78)(H,65,76)(H,66,77)(H,67,80)(H,68,75)(H,69,79)(H,84,85)(H4,61,62,63)/t37-,38+,39+,40+,41+,42+,43-,44+,46+,47+/m1/s1. The smallest absolute Gasteiger partial charge is 0.326 e. The number of hydrogen-bond acceptors (Lipinski definition) is 16. The van der Waals surface area contributed by atoms with E-state index < -0.39 is 139 Å². The summed E-state index contributed by atoms with van der Waals surface area (Å²) in [5.74, 6) is -8.37. The van der Waals surface area contributed by atoms with Crippen LogP contribution in [0.4, 0.5) is 0 Å². The molecule has 9 amide bonds. The molecule has 472 valence electrons. The lowest BCUT2D eigenvalue weighted by molar-refractivity contribution is -0.148. The fourth-order valence-corrected chi connectivity index (χ4v) is 12.5. The van der Waals surface area contributed by atoms with Crippen LogP contribution < -0.4 is 60.6 Å². The van der Waals surface area contributed by atoms with Gasteiger partial charge < -0.3 is 90.6 Å². The van der Waals surface area contributed by atoms with Crippen LogP contribution in [0, 0.1) is 11.8 Å². The molecule has 10 atom stereocenters. The molecule has 2 saturated heterocycles. The number of carbonyl (C=O) groups is 10. The number of carbonyl (C=O) groups excluding carboxylic acids is 9. The second-order valence-corrected chi connectivity index (χ2v) is 23.2. The molecule has 6 rings (SSSR count). The first-order valence-electron chi connectivity index (χ1n) is 30.3. The number of likely N-dealkylation sites (tertiary alicyclic amines) is 2. The van der Waals surface area contributed by atoms with Crippen LogP contribution in [0.2, 0.25) is 0 Å². The van der Waals surface area contributed by atoms with Crippen molar-refractivity contribution in [3.63, 3.8) is 0 Å². The lowest BCUT2D eigenvalue weighted by Crippen LogP contribution is -2.62. The normalized spacial score (nSPS) is 21.8. The van der Waals surface area contributed by atoms with E-state index in [1.165, 1.54) is 9.80 Å². The minimum absolute atomic E-state index is 0.0342. The van der Waals surface area contributed by atoms with Gasteiger partial charge in [-0.1, -0.05) is 56.4 Å². The highest BCUT2D eigenvalue weighted by atomic mass is 16.4. The second-order valence-electron chi connectivity index (χ2n) is 23.2. The molecule has 5 aliphatic rings. The van der Waals surface area contributed by atoms with Crippen LogP contribution in [0.25, 0.3) is 0 Å². The molecular formula is C57H91N15O13. The fraction of sp³-hybridized carbons (Fsp3) is 0.702. The summed E-state index contributed by atoms with van der Waals surface area (Å²) in [6.07, 6.45) is 7.79. The highest BCUT2D eigenvalue weighted by molar-refractivity contribution is 5.98. The molecule has 3 heterocycles. The first-order chi connectivity index (χ1) is 40.8. The van der Waals surface area contributed by atoms with Gasteiger partial charge in [-0.25, -0.2) is 4.79 Å². The van der Waals surface area contributed by atoms with Crippen LogP contribution in [0.15, 0.2) is 29.3 Å². The van der Waals surface area contributed by atoms with Gasteiger partial charge in [-0.05, 0) is 120 Å². The van der Waals surface area contributed by atoms with Gasteiger partial charge in [0.15, 0.2) is 5.96 Å². The van der Waals surface area contributed by atoms with Gasteiger partial charge in [0.25, 0.3) is 0 Å². The lowest BCUT2D eigenvalue weighted by atomic mass is 9.91. The van der Waals surface area contributed by atoms with Gasteiger partial charge in [0.05, 0.1) is 25.3 Å². The number of aliphatic carboxylic acids is 1. The van der Waals surface area contributed by atoms with Crippen LogP contribution >= 0.6 is 0 Å². The number of β-amino-alcohol motifs (C(OH)–C–C–N with tert-alkyl or cyclic N) is 1. The van der Waals surface area contributed by atoms with Crippen molar-refractivity contribution in [2.24, 2.45) is 45.5 Å². The number of carboxylic acid groups (broad SMARTS) is 1. The average molecular weight is 1190 g/mol. The number of nitrogens with two attached hydrogens (primary N) is 5. The summed E-state index contributed by atoms with van der Waals surface area (Å²) < 4.78 is 0. The summed E-state index contributed by atoms with van der Waals surface area (Å²) in [4.78, 5) is 147. The third-order valence-electron chi connectivity index (χ3n) is 17.1. The summed E-state index contributed by atoms with van der Waals surface area (Å²) in [5, 5.41) is 47.7. The molecule has 2 aliphatic carbocycles. The van der Waals surface area contributed by atoms with E-state index in [4.69, 9.17) is 28.7 Å².